The number of ether oxygens (including phenoxy) is 1. The molecule has 1 saturated carbocycles. The SMILES string of the molecule is CCc1cc(Nc2ncc(Br)c(Nc3ccc4nc(C)ccc4c3P(C)(C)=O)n2)c(OC2CC2)cc1N1CCC(N2CCN(C(=O)C3CCN(c4cc(F)c(C5CCC(=O)NC5=O)c(F)c4)C3)CC2)CC1. The number of nitrogens with zero attached hydrogens (tertiary/aromatic N) is 7. The van der Waals surface area contributed by atoms with Gasteiger partial charge in [-0.2, -0.15) is 4.98 Å². The van der Waals surface area contributed by atoms with Crippen molar-refractivity contribution in [3.8, 4) is 5.75 Å². The van der Waals surface area contributed by atoms with Gasteiger partial charge in [0, 0.05) is 110 Å². The highest BCUT2D eigenvalue weighted by Gasteiger charge is 2.37. The van der Waals surface area contributed by atoms with Crippen LogP contribution in [-0.4, -0.2) is 120 Å². The van der Waals surface area contributed by atoms with Crippen LogP contribution in [0.5, 0.6) is 5.75 Å². The highest BCUT2D eigenvalue weighted by molar-refractivity contribution is 9.10. The average molecular weight is 1050 g/mol. The van der Waals surface area contributed by atoms with Gasteiger partial charge in [-0.3, -0.25) is 29.6 Å². The van der Waals surface area contributed by atoms with Gasteiger partial charge in [0.15, 0.2) is 0 Å². The summed E-state index contributed by atoms with van der Waals surface area (Å²) < 4.78 is 51.6. The van der Waals surface area contributed by atoms with E-state index in [1.165, 1.54) is 23.4 Å². The lowest BCUT2D eigenvalue weighted by molar-refractivity contribution is -0.137. The molecule has 2 unspecified atom stereocenters. The van der Waals surface area contributed by atoms with Crippen molar-refractivity contribution >= 4 is 91.5 Å². The van der Waals surface area contributed by atoms with E-state index in [4.69, 9.17) is 9.72 Å². The van der Waals surface area contributed by atoms with Crippen LogP contribution >= 0.6 is 23.1 Å². The Morgan fingerprint density at radius 1 is 0.873 bits per heavy atom. The van der Waals surface area contributed by atoms with E-state index < -0.39 is 36.5 Å². The fraction of sp³-hybridized carbons (Fsp3) is 0.462. The summed E-state index contributed by atoms with van der Waals surface area (Å²) in [4.78, 5) is 60.7. The topological polar surface area (TPSA) is 165 Å². The third-order valence-corrected chi connectivity index (χ3v) is 16.8. The molecule has 5 aliphatic rings. The molecule has 0 radical (unpaired) electrons. The summed E-state index contributed by atoms with van der Waals surface area (Å²) in [5.41, 5.74) is 5.56. The summed E-state index contributed by atoms with van der Waals surface area (Å²) >= 11 is 3.64. The Morgan fingerprint density at radius 2 is 1.61 bits per heavy atom. The van der Waals surface area contributed by atoms with Crippen molar-refractivity contribution in [3.05, 3.63) is 87.7 Å². The van der Waals surface area contributed by atoms with E-state index in [2.05, 4.69) is 70.7 Å². The van der Waals surface area contributed by atoms with Crippen molar-refractivity contribution in [2.45, 2.75) is 83.3 Å². The first-order chi connectivity index (χ1) is 34.1. The Kier molecular flexibility index (Phi) is 13.8. The van der Waals surface area contributed by atoms with Crippen molar-refractivity contribution in [2.24, 2.45) is 5.92 Å². The molecule has 10 rings (SSSR count). The number of piperazine rings is 1. The van der Waals surface area contributed by atoms with E-state index in [1.54, 1.807) is 19.5 Å². The number of imide groups is 1. The lowest BCUT2D eigenvalue weighted by Gasteiger charge is -2.44. The highest BCUT2D eigenvalue weighted by Crippen LogP contribution is 2.43. The number of halogens is 3. The molecule has 4 saturated heterocycles. The van der Waals surface area contributed by atoms with Crippen LogP contribution in [0.1, 0.15) is 74.6 Å². The molecule has 3 N–H and O–H groups in total. The minimum atomic E-state index is -2.75. The van der Waals surface area contributed by atoms with Gasteiger partial charge in [-0.25, -0.2) is 13.8 Å². The zero-order chi connectivity index (χ0) is 49.7. The lowest BCUT2D eigenvalue weighted by Crippen LogP contribution is -2.55. The molecule has 71 heavy (non-hydrogen) atoms. The average Bonchev–Trinajstić information content (AvgIpc) is 4.03. The second kappa shape index (κ2) is 20.1. The maximum atomic E-state index is 15.3. The van der Waals surface area contributed by atoms with Gasteiger partial charge in [-0.05, 0) is 123 Å². The number of hydrogen-bond acceptors (Lipinski definition) is 13. The van der Waals surface area contributed by atoms with Crippen LogP contribution in [0.3, 0.4) is 0 Å². The lowest BCUT2D eigenvalue weighted by atomic mass is 9.89. The highest BCUT2D eigenvalue weighted by atomic mass is 79.9. The van der Waals surface area contributed by atoms with Crippen LogP contribution in [0.25, 0.3) is 10.9 Å². The molecule has 5 fully saturated rings. The van der Waals surface area contributed by atoms with Crippen molar-refractivity contribution in [1.29, 1.82) is 0 Å². The molecular formula is C52H60BrF2N10O5P. The summed E-state index contributed by atoms with van der Waals surface area (Å²) in [7, 11) is -2.75. The largest absolute Gasteiger partial charge is 0.488 e. The maximum absolute atomic E-state index is 15.3. The minimum absolute atomic E-state index is 0.0273. The van der Waals surface area contributed by atoms with Gasteiger partial charge in [-0.1, -0.05) is 13.0 Å². The molecule has 374 valence electrons. The van der Waals surface area contributed by atoms with Gasteiger partial charge in [0.2, 0.25) is 23.7 Å². The van der Waals surface area contributed by atoms with E-state index in [9.17, 15) is 18.9 Å². The quantitative estimate of drug-likeness (QED) is 0.0762. The number of amides is 3. The Labute approximate surface area is 421 Å². The number of carbonyl (C=O) groups is 3. The van der Waals surface area contributed by atoms with Gasteiger partial charge < -0.3 is 34.6 Å². The molecule has 19 heteroatoms. The molecule has 3 amide bonds. The fourth-order valence-electron chi connectivity index (χ4n) is 10.8. The Morgan fingerprint density at radius 3 is 2.30 bits per heavy atom. The monoisotopic (exact) mass is 1050 g/mol. The predicted molar refractivity (Wildman–Crippen MR) is 277 cm³/mol. The molecule has 1 aliphatic carbocycles. The molecule has 15 nitrogen and oxygen atoms in total. The van der Waals surface area contributed by atoms with Crippen molar-refractivity contribution in [1.82, 2.24) is 30.1 Å². The summed E-state index contributed by atoms with van der Waals surface area (Å²) in [5, 5.41) is 10.7. The van der Waals surface area contributed by atoms with Crippen molar-refractivity contribution in [3.63, 3.8) is 0 Å². The minimum Gasteiger partial charge on any atom is -0.488 e. The summed E-state index contributed by atoms with van der Waals surface area (Å²) in [6, 6.07) is 15.0. The Balaban J connectivity index is 0.759. The predicted octanol–water partition coefficient (Wildman–Crippen LogP) is 8.37. The van der Waals surface area contributed by atoms with Crippen LogP contribution in [0.2, 0.25) is 0 Å². The number of pyridine rings is 1. The molecule has 6 heterocycles. The third kappa shape index (κ3) is 10.5. The van der Waals surface area contributed by atoms with Gasteiger partial charge in [-0.15, -0.1) is 0 Å². The van der Waals surface area contributed by atoms with E-state index in [0.717, 1.165) is 91.6 Å². The number of fused-ring (bicyclic) bond motifs is 1. The molecule has 5 aromatic rings. The molecule has 4 aliphatic heterocycles. The van der Waals surface area contributed by atoms with Gasteiger partial charge in [0.25, 0.3) is 0 Å². The normalized spacial score (nSPS) is 20.4. The summed E-state index contributed by atoms with van der Waals surface area (Å²) in [6.45, 7) is 13.1. The smallest absolute Gasteiger partial charge is 0.234 e. The first-order valence-electron chi connectivity index (χ1n) is 24.8. The van der Waals surface area contributed by atoms with Gasteiger partial charge in [0.1, 0.15) is 30.3 Å². The number of aromatic nitrogens is 3. The van der Waals surface area contributed by atoms with E-state index in [0.29, 0.717) is 66.3 Å². The number of nitrogens with one attached hydrogen (secondary N) is 3. The standard InChI is InChI=1S/C52H60BrF2N10O5P/c1-5-31-24-43(59-52-56-28-38(53)49(61-52)58-42-12-11-41-36(9-6-30(2)57-41)48(42)71(3,4)69)45(70-35-7-8-35)27-44(31)63-18-15-33(16-19-63)62-20-22-64(23-21-62)51(68)32-14-17-65(29-32)34-25-39(54)47(40(55)26-34)37-10-13-46(66)60-50(37)67/h6,9,11-12,24-28,32-33,35,37H,5,7-8,10,13-23,29H2,1-4H3,(H,60,66,67)(H2,56,58,59,61). The third-order valence-electron chi connectivity index (χ3n) is 14.6. The number of benzene rings is 3. The van der Waals surface area contributed by atoms with Crippen LogP contribution < -0.4 is 35.8 Å². The van der Waals surface area contributed by atoms with Crippen LogP contribution in [0.15, 0.2) is 59.2 Å². The van der Waals surface area contributed by atoms with Crippen molar-refractivity contribution in [2.75, 3.05) is 86.1 Å². The molecular weight excluding hydrogens is 994 g/mol. The number of hydrogen-bond donors (Lipinski definition) is 3. The van der Waals surface area contributed by atoms with Crippen LogP contribution in [-0.2, 0) is 25.4 Å². The Bertz CT molecular complexity index is 2930. The molecule has 2 atom stereocenters. The van der Waals surface area contributed by atoms with Crippen LogP contribution in [0.4, 0.5) is 43.3 Å². The van der Waals surface area contributed by atoms with E-state index in [1.807, 2.05) is 41.0 Å². The number of rotatable bonds is 13. The maximum Gasteiger partial charge on any atom is 0.234 e. The number of aryl methyl sites for hydroxylation is 2. The summed E-state index contributed by atoms with van der Waals surface area (Å²) in [6.07, 6.45) is 7.34. The summed E-state index contributed by atoms with van der Waals surface area (Å²) in [5.74, 6) is -2.35. The number of anilines is 6. The zero-order valence-electron chi connectivity index (χ0n) is 40.6. The van der Waals surface area contributed by atoms with E-state index in [-0.39, 0.29) is 36.3 Å². The number of piperidine rings is 2. The first-order valence-corrected chi connectivity index (χ1v) is 28.2. The molecule has 0 bridgehead atoms. The molecule has 2 aromatic heterocycles. The molecule has 3 aromatic carbocycles. The second-order valence-electron chi connectivity index (χ2n) is 20.0. The van der Waals surface area contributed by atoms with Gasteiger partial charge >= 0.3 is 0 Å². The zero-order valence-corrected chi connectivity index (χ0v) is 43.1. The van der Waals surface area contributed by atoms with Crippen LogP contribution in [0, 0.1) is 24.5 Å². The number of carbonyl (C=O) groups excluding carboxylic acids is 3. The Hall–Kier alpha value is -5.71. The second-order valence-corrected chi connectivity index (χ2v) is 24.0. The molecule has 0 spiro atoms. The van der Waals surface area contributed by atoms with Gasteiger partial charge in [0.05, 0.1) is 39.3 Å². The van der Waals surface area contributed by atoms with Crippen molar-refractivity contribution < 1.29 is 32.5 Å². The first kappa shape index (κ1) is 48.9. The van der Waals surface area contributed by atoms with E-state index >= 15 is 8.78 Å². The fourth-order valence-corrected chi connectivity index (χ4v) is 12.5.